The van der Waals surface area contributed by atoms with Gasteiger partial charge in [0.1, 0.15) is 10.6 Å². The van der Waals surface area contributed by atoms with Gasteiger partial charge in [0, 0.05) is 4.88 Å². The molecular weight excluding hydrogens is 260 g/mol. The predicted octanol–water partition coefficient (Wildman–Crippen LogP) is 4.05. The molecule has 0 fully saturated rings. The van der Waals surface area contributed by atoms with Gasteiger partial charge in [-0.2, -0.15) is 0 Å². The van der Waals surface area contributed by atoms with E-state index in [1.54, 1.807) is 13.2 Å². The first kappa shape index (κ1) is 13.6. The third-order valence-electron chi connectivity index (χ3n) is 3.12. The molecule has 0 radical (unpaired) electrons. The molecule has 2 rings (SSSR count). The summed E-state index contributed by atoms with van der Waals surface area (Å²) >= 11 is 1.32. The number of carboxylic acid groups (broad SMARTS) is 1. The van der Waals surface area contributed by atoms with E-state index in [0.29, 0.717) is 4.88 Å². The molecule has 100 valence electrons. The number of rotatable bonds is 3. The van der Waals surface area contributed by atoms with Gasteiger partial charge in [-0.15, -0.1) is 11.3 Å². The van der Waals surface area contributed by atoms with Crippen LogP contribution in [0.1, 0.15) is 26.4 Å². The number of methoxy groups -OCH3 is 1. The molecule has 0 saturated heterocycles. The van der Waals surface area contributed by atoms with Crippen LogP contribution in [0, 0.1) is 20.8 Å². The van der Waals surface area contributed by atoms with Gasteiger partial charge in [0.2, 0.25) is 0 Å². The third-order valence-corrected chi connectivity index (χ3v) is 4.37. The number of benzene rings is 1. The molecule has 1 N–H and O–H groups in total. The van der Waals surface area contributed by atoms with Crippen molar-refractivity contribution in [2.75, 3.05) is 7.11 Å². The maximum absolute atomic E-state index is 11.0. The van der Waals surface area contributed by atoms with Gasteiger partial charge in [0.25, 0.3) is 0 Å². The number of hydrogen-bond donors (Lipinski definition) is 1. The molecule has 3 nitrogen and oxygen atoms in total. The van der Waals surface area contributed by atoms with E-state index >= 15 is 0 Å². The highest BCUT2D eigenvalue weighted by molar-refractivity contribution is 7.17. The van der Waals surface area contributed by atoms with Crippen molar-refractivity contribution < 1.29 is 14.6 Å². The van der Waals surface area contributed by atoms with E-state index in [4.69, 9.17) is 9.84 Å². The second kappa shape index (κ2) is 5.05. The lowest BCUT2D eigenvalue weighted by Crippen LogP contribution is -1.91. The van der Waals surface area contributed by atoms with Crippen molar-refractivity contribution in [3.63, 3.8) is 0 Å². The fourth-order valence-corrected chi connectivity index (χ4v) is 3.20. The zero-order valence-electron chi connectivity index (χ0n) is 11.4. The fourth-order valence-electron chi connectivity index (χ4n) is 2.11. The molecule has 1 heterocycles. The molecule has 0 unspecified atom stereocenters. The Morgan fingerprint density at radius 3 is 2.32 bits per heavy atom. The number of ether oxygens (including phenoxy) is 1. The Kier molecular flexibility index (Phi) is 3.62. The van der Waals surface area contributed by atoms with Crippen molar-refractivity contribution in [2.45, 2.75) is 20.8 Å². The van der Waals surface area contributed by atoms with Crippen LogP contribution in [0.15, 0.2) is 18.2 Å². The van der Waals surface area contributed by atoms with Crippen molar-refractivity contribution in [1.82, 2.24) is 0 Å². The van der Waals surface area contributed by atoms with Crippen LogP contribution >= 0.6 is 11.3 Å². The average Bonchev–Trinajstić information content (AvgIpc) is 2.74. The molecule has 0 saturated carbocycles. The van der Waals surface area contributed by atoms with E-state index in [2.05, 4.69) is 6.07 Å². The topological polar surface area (TPSA) is 46.5 Å². The zero-order valence-corrected chi connectivity index (χ0v) is 12.2. The quantitative estimate of drug-likeness (QED) is 0.920. The third kappa shape index (κ3) is 2.49. The molecule has 0 aliphatic heterocycles. The van der Waals surface area contributed by atoms with E-state index in [-0.39, 0.29) is 0 Å². The molecule has 1 aromatic heterocycles. The Labute approximate surface area is 116 Å². The van der Waals surface area contributed by atoms with E-state index in [0.717, 1.165) is 32.9 Å². The lowest BCUT2D eigenvalue weighted by atomic mass is 10.0. The minimum absolute atomic E-state index is 0.375. The van der Waals surface area contributed by atoms with Crippen LogP contribution < -0.4 is 4.74 Å². The van der Waals surface area contributed by atoms with Crippen LogP contribution in [-0.4, -0.2) is 18.2 Å². The van der Waals surface area contributed by atoms with Gasteiger partial charge in [-0.3, -0.25) is 0 Å². The Morgan fingerprint density at radius 2 is 1.79 bits per heavy atom. The molecule has 0 spiro atoms. The summed E-state index contributed by atoms with van der Waals surface area (Å²) in [6.45, 7) is 5.94. The molecule has 19 heavy (non-hydrogen) atoms. The lowest BCUT2D eigenvalue weighted by molar-refractivity contribution is 0.0702. The monoisotopic (exact) mass is 276 g/mol. The van der Waals surface area contributed by atoms with E-state index < -0.39 is 5.97 Å². The highest BCUT2D eigenvalue weighted by atomic mass is 32.1. The molecule has 0 aliphatic carbocycles. The van der Waals surface area contributed by atoms with E-state index in [9.17, 15) is 4.79 Å². The number of aromatic carboxylic acids is 1. The molecule has 0 bridgehead atoms. The summed E-state index contributed by atoms with van der Waals surface area (Å²) < 4.78 is 5.30. The molecule has 1 aromatic carbocycles. The molecule has 4 heteroatoms. The first-order chi connectivity index (χ1) is 8.93. The van der Waals surface area contributed by atoms with Crippen LogP contribution in [0.4, 0.5) is 0 Å². The summed E-state index contributed by atoms with van der Waals surface area (Å²) in [7, 11) is 1.65. The van der Waals surface area contributed by atoms with Gasteiger partial charge in [-0.1, -0.05) is 0 Å². The van der Waals surface area contributed by atoms with Gasteiger partial charge in [-0.05, 0) is 61.2 Å². The van der Waals surface area contributed by atoms with Gasteiger partial charge in [0.15, 0.2) is 0 Å². The van der Waals surface area contributed by atoms with E-state index in [1.165, 1.54) is 11.3 Å². The zero-order chi connectivity index (χ0) is 14.2. The summed E-state index contributed by atoms with van der Waals surface area (Å²) in [6, 6.07) is 5.77. The van der Waals surface area contributed by atoms with Crippen molar-refractivity contribution in [3.05, 3.63) is 39.8 Å². The summed E-state index contributed by atoms with van der Waals surface area (Å²) in [5.74, 6) is -0.0175. The van der Waals surface area contributed by atoms with Crippen LogP contribution in [0.2, 0.25) is 0 Å². The van der Waals surface area contributed by atoms with Crippen molar-refractivity contribution >= 4 is 17.3 Å². The fraction of sp³-hybridized carbons (Fsp3) is 0.267. The Bertz CT molecular complexity index is 641. The van der Waals surface area contributed by atoms with Gasteiger partial charge in [0.05, 0.1) is 7.11 Å². The van der Waals surface area contributed by atoms with Crippen LogP contribution in [-0.2, 0) is 0 Å². The number of aryl methyl sites for hydroxylation is 3. The molecule has 0 atom stereocenters. The Hall–Kier alpha value is -1.81. The Balaban J connectivity index is 2.59. The molecule has 2 aromatic rings. The summed E-state index contributed by atoms with van der Waals surface area (Å²) in [4.78, 5) is 12.4. The standard InChI is InChI=1S/C15H16O3S/c1-8-6-12(18-4)9(2)5-11(8)14-10(3)7-13(19-14)15(16)17/h5-7H,1-4H3,(H,16,17). The minimum Gasteiger partial charge on any atom is -0.496 e. The second-order valence-corrected chi connectivity index (χ2v) is 5.62. The number of thiophene rings is 1. The highest BCUT2D eigenvalue weighted by Gasteiger charge is 2.15. The molecule has 0 amide bonds. The predicted molar refractivity (Wildman–Crippen MR) is 77.5 cm³/mol. The summed E-state index contributed by atoms with van der Waals surface area (Å²) in [5, 5.41) is 9.07. The first-order valence-electron chi connectivity index (χ1n) is 5.93. The van der Waals surface area contributed by atoms with E-state index in [1.807, 2.05) is 26.8 Å². The van der Waals surface area contributed by atoms with Crippen molar-refractivity contribution in [2.24, 2.45) is 0 Å². The minimum atomic E-state index is -0.873. The lowest BCUT2D eigenvalue weighted by Gasteiger charge is -2.11. The number of hydrogen-bond acceptors (Lipinski definition) is 3. The summed E-state index contributed by atoms with van der Waals surface area (Å²) in [6.07, 6.45) is 0. The van der Waals surface area contributed by atoms with Crippen molar-refractivity contribution in [1.29, 1.82) is 0 Å². The number of carbonyl (C=O) groups is 1. The number of carboxylic acids is 1. The van der Waals surface area contributed by atoms with Crippen LogP contribution in [0.25, 0.3) is 10.4 Å². The highest BCUT2D eigenvalue weighted by Crippen LogP contribution is 2.37. The summed E-state index contributed by atoms with van der Waals surface area (Å²) in [5.41, 5.74) is 4.21. The van der Waals surface area contributed by atoms with Crippen LogP contribution in [0.5, 0.6) is 5.75 Å². The normalized spacial score (nSPS) is 10.5. The largest absolute Gasteiger partial charge is 0.496 e. The SMILES string of the molecule is COc1cc(C)c(-c2sc(C(=O)O)cc2C)cc1C. The van der Waals surface area contributed by atoms with Gasteiger partial charge >= 0.3 is 5.97 Å². The maximum Gasteiger partial charge on any atom is 0.345 e. The smallest absolute Gasteiger partial charge is 0.345 e. The van der Waals surface area contributed by atoms with Crippen LogP contribution in [0.3, 0.4) is 0 Å². The Morgan fingerprint density at radius 1 is 1.11 bits per heavy atom. The average molecular weight is 276 g/mol. The second-order valence-electron chi connectivity index (χ2n) is 4.56. The molecular formula is C15H16O3S. The van der Waals surface area contributed by atoms with Crippen molar-refractivity contribution in [3.8, 4) is 16.2 Å². The van der Waals surface area contributed by atoms with Gasteiger partial charge in [-0.25, -0.2) is 4.79 Å². The maximum atomic E-state index is 11.0. The first-order valence-corrected chi connectivity index (χ1v) is 6.75. The molecule has 0 aliphatic rings. The van der Waals surface area contributed by atoms with Gasteiger partial charge < -0.3 is 9.84 Å².